The van der Waals surface area contributed by atoms with Crippen LogP contribution >= 0.6 is 11.8 Å². The van der Waals surface area contributed by atoms with Gasteiger partial charge in [-0.05, 0) is 6.42 Å². The van der Waals surface area contributed by atoms with Gasteiger partial charge in [0.2, 0.25) is 28.8 Å². The Morgan fingerprint density at radius 3 is 2.85 bits per heavy atom. The van der Waals surface area contributed by atoms with Crippen molar-refractivity contribution in [3.8, 4) is 0 Å². The van der Waals surface area contributed by atoms with Crippen LogP contribution in [-0.4, -0.2) is 56.6 Å². The van der Waals surface area contributed by atoms with Crippen LogP contribution in [0.4, 0.5) is 5.95 Å². The minimum Gasteiger partial charge on any atom is -0.368 e. The molecule has 1 aliphatic heterocycles. The lowest BCUT2D eigenvalue weighted by atomic mass is 10.4. The fourth-order valence-electron chi connectivity index (χ4n) is 1.73. The molecule has 0 radical (unpaired) electrons. The molecule has 9 nitrogen and oxygen atoms in total. The largest absolute Gasteiger partial charge is 0.368 e. The number of nitrogens with two attached hydrogens (primary N) is 1. The average Bonchev–Trinajstić information content (AvgIpc) is 2.97. The third-order valence-corrected chi connectivity index (χ3v) is 3.45. The highest BCUT2D eigenvalue weighted by atomic mass is 32.2. The van der Waals surface area contributed by atoms with Gasteiger partial charge >= 0.3 is 0 Å². The summed E-state index contributed by atoms with van der Waals surface area (Å²) in [5.41, 5.74) is 5.34. The summed E-state index contributed by atoms with van der Waals surface area (Å²) < 4.78 is 0. The van der Waals surface area contributed by atoms with Crippen LogP contribution < -0.4 is 11.1 Å². The van der Waals surface area contributed by atoms with Gasteiger partial charge in [-0.1, -0.05) is 11.8 Å². The first-order valence-corrected chi connectivity index (χ1v) is 6.94. The van der Waals surface area contributed by atoms with Gasteiger partial charge in [-0.2, -0.15) is 4.98 Å². The van der Waals surface area contributed by atoms with Crippen LogP contribution in [0.5, 0.6) is 0 Å². The van der Waals surface area contributed by atoms with Crippen LogP contribution in [-0.2, 0) is 14.4 Å². The van der Waals surface area contributed by atoms with E-state index >= 15 is 0 Å². The molecule has 0 unspecified atom stereocenters. The van der Waals surface area contributed by atoms with Crippen molar-refractivity contribution in [1.29, 1.82) is 0 Å². The zero-order chi connectivity index (χ0) is 14.5. The summed E-state index contributed by atoms with van der Waals surface area (Å²) in [6, 6.07) is 0. The monoisotopic (exact) mass is 298 g/mol. The minimum atomic E-state index is -0.486. The van der Waals surface area contributed by atoms with Gasteiger partial charge in [-0.15, -0.1) is 5.10 Å². The Balaban J connectivity index is 1.71. The van der Waals surface area contributed by atoms with Crippen molar-refractivity contribution in [2.24, 2.45) is 0 Å². The zero-order valence-electron chi connectivity index (χ0n) is 10.6. The molecule has 4 N–H and O–H groups in total. The third-order valence-electron chi connectivity index (χ3n) is 2.60. The van der Waals surface area contributed by atoms with E-state index < -0.39 is 11.8 Å². The Labute approximate surface area is 118 Å². The summed E-state index contributed by atoms with van der Waals surface area (Å²) in [6.45, 7) is 0.481. The fourth-order valence-corrected chi connectivity index (χ4v) is 2.33. The number of nitrogens with one attached hydrogen (secondary N) is 2. The Morgan fingerprint density at radius 2 is 2.25 bits per heavy atom. The summed E-state index contributed by atoms with van der Waals surface area (Å²) in [7, 11) is 0. The van der Waals surface area contributed by atoms with E-state index in [-0.39, 0.29) is 24.2 Å². The molecular formula is C10H14N6O3S. The number of hydrogen-bond acceptors (Lipinski definition) is 7. The molecule has 108 valence electrons. The van der Waals surface area contributed by atoms with Crippen molar-refractivity contribution < 1.29 is 14.4 Å². The minimum absolute atomic E-state index is 0.00300. The predicted molar refractivity (Wildman–Crippen MR) is 70.5 cm³/mol. The molecule has 20 heavy (non-hydrogen) atoms. The van der Waals surface area contributed by atoms with E-state index in [2.05, 4.69) is 20.5 Å². The Kier molecular flexibility index (Phi) is 4.56. The smallest absolute Gasteiger partial charge is 0.246 e. The predicted octanol–water partition coefficient (Wildman–Crippen LogP) is -1.26. The van der Waals surface area contributed by atoms with Gasteiger partial charge < -0.3 is 10.6 Å². The molecule has 1 aliphatic rings. The molecule has 1 aromatic heterocycles. The lowest BCUT2D eigenvalue weighted by Gasteiger charge is -2.14. The molecule has 0 saturated carbocycles. The number of nitrogen functional groups attached to an aromatic ring is 1. The van der Waals surface area contributed by atoms with Gasteiger partial charge in [0.05, 0.1) is 12.3 Å². The number of likely N-dealkylation sites (tertiary alicyclic amines) is 1. The average molecular weight is 298 g/mol. The van der Waals surface area contributed by atoms with Gasteiger partial charge in [0, 0.05) is 13.0 Å². The first-order chi connectivity index (χ1) is 9.54. The fraction of sp³-hybridized carbons (Fsp3) is 0.500. The SMILES string of the molecule is Nc1nc(SCC(=O)NC(=O)CN2CCCC2=O)n[nH]1. The van der Waals surface area contributed by atoms with Crippen molar-refractivity contribution in [2.45, 2.75) is 18.0 Å². The number of H-pyrrole nitrogens is 1. The maximum absolute atomic E-state index is 11.6. The molecule has 1 saturated heterocycles. The molecule has 1 fully saturated rings. The van der Waals surface area contributed by atoms with E-state index in [4.69, 9.17) is 5.73 Å². The highest BCUT2D eigenvalue weighted by Crippen LogP contribution is 2.12. The molecule has 10 heteroatoms. The lowest BCUT2D eigenvalue weighted by Crippen LogP contribution is -2.41. The van der Waals surface area contributed by atoms with Crippen molar-refractivity contribution in [1.82, 2.24) is 25.4 Å². The van der Waals surface area contributed by atoms with E-state index in [0.29, 0.717) is 18.1 Å². The molecule has 2 heterocycles. The first-order valence-electron chi connectivity index (χ1n) is 5.95. The summed E-state index contributed by atoms with van der Waals surface area (Å²) in [5, 5.41) is 8.73. The molecule has 1 aromatic rings. The quantitative estimate of drug-likeness (QED) is 0.578. The number of anilines is 1. The number of rotatable bonds is 5. The van der Waals surface area contributed by atoms with Crippen LogP contribution in [0.2, 0.25) is 0 Å². The van der Waals surface area contributed by atoms with Gasteiger partial charge in [0.1, 0.15) is 0 Å². The Morgan fingerprint density at radius 1 is 1.45 bits per heavy atom. The number of thioether (sulfide) groups is 1. The Bertz CT molecular complexity index is 531. The second-order valence-electron chi connectivity index (χ2n) is 4.18. The lowest BCUT2D eigenvalue weighted by molar-refractivity contribution is -0.135. The highest BCUT2D eigenvalue weighted by Gasteiger charge is 2.23. The molecule has 0 atom stereocenters. The second kappa shape index (κ2) is 6.37. The summed E-state index contributed by atoms with van der Waals surface area (Å²) >= 11 is 1.06. The van der Waals surface area contributed by atoms with Crippen molar-refractivity contribution in [3.05, 3.63) is 0 Å². The third kappa shape index (κ3) is 3.95. The van der Waals surface area contributed by atoms with E-state index in [1.54, 1.807) is 0 Å². The van der Waals surface area contributed by atoms with Gasteiger partial charge in [-0.25, -0.2) is 5.10 Å². The normalized spacial score (nSPS) is 14.6. The summed E-state index contributed by atoms with van der Waals surface area (Å²) in [6.07, 6.45) is 1.21. The number of carbonyl (C=O) groups excluding carboxylic acids is 3. The maximum atomic E-state index is 11.6. The number of hydrogen-bond donors (Lipinski definition) is 3. The van der Waals surface area contributed by atoms with Gasteiger partial charge in [0.15, 0.2) is 0 Å². The number of aromatic amines is 1. The van der Waals surface area contributed by atoms with Crippen molar-refractivity contribution >= 4 is 35.4 Å². The molecule has 0 bridgehead atoms. The topological polar surface area (TPSA) is 134 Å². The van der Waals surface area contributed by atoms with Crippen LogP contribution in [0.25, 0.3) is 0 Å². The molecule has 0 aromatic carbocycles. The van der Waals surface area contributed by atoms with E-state index in [9.17, 15) is 14.4 Å². The molecule has 0 aliphatic carbocycles. The highest BCUT2D eigenvalue weighted by molar-refractivity contribution is 7.99. The number of aromatic nitrogens is 3. The molecular weight excluding hydrogens is 284 g/mol. The van der Waals surface area contributed by atoms with E-state index in [0.717, 1.165) is 18.2 Å². The molecule has 2 rings (SSSR count). The standard InChI is InChI=1S/C10H14N6O3S/c11-9-13-10(15-14-9)20-5-7(18)12-6(17)4-16-3-1-2-8(16)19/h1-5H2,(H,12,17,18)(H3,11,13,14,15). The summed E-state index contributed by atoms with van der Waals surface area (Å²) in [4.78, 5) is 39.7. The van der Waals surface area contributed by atoms with E-state index in [1.807, 2.05) is 0 Å². The first kappa shape index (κ1) is 14.3. The van der Waals surface area contributed by atoms with Crippen LogP contribution in [0.15, 0.2) is 5.16 Å². The van der Waals surface area contributed by atoms with Crippen molar-refractivity contribution in [3.63, 3.8) is 0 Å². The second-order valence-corrected chi connectivity index (χ2v) is 5.12. The summed E-state index contributed by atoms with van der Waals surface area (Å²) in [5.74, 6) is -0.846. The number of amides is 3. The van der Waals surface area contributed by atoms with Gasteiger partial charge in [-0.3, -0.25) is 19.7 Å². The maximum Gasteiger partial charge on any atom is 0.246 e. The van der Waals surface area contributed by atoms with Gasteiger partial charge in [0.25, 0.3) is 0 Å². The van der Waals surface area contributed by atoms with Crippen LogP contribution in [0.3, 0.4) is 0 Å². The Hall–Kier alpha value is -2.10. The van der Waals surface area contributed by atoms with E-state index in [1.165, 1.54) is 4.90 Å². The molecule has 3 amide bonds. The van der Waals surface area contributed by atoms with Crippen LogP contribution in [0.1, 0.15) is 12.8 Å². The molecule has 0 spiro atoms. The van der Waals surface area contributed by atoms with Crippen molar-refractivity contribution in [2.75, 3.05) is 24.6 Å². The zero-order valence-corrected chi connectivity index (χ0v) is 11.4. The van der Waals surface area contributed by atoms with Crippen LogP contribution in [0, 0.1) is 0 Å². The number of nitrogens with zero attached hydrogens (tertiary/aromatic N) is 3. The number of carbonyl (C=O) groups is 3. The number of imide groups is 1.